The topological polar surface area (TPSA) is 65.0 Å². The molecule has 1 amide bonds. The summed E-state index contributed by atoms with van der Waals surface area (Å²) in [7, 11) is 2.16. The number of amides is 1. The molecule has 0 saturated carbocycles. The number of rotatable bonds is 6. The Labute approximate surface area is 195 Å². The maximum atomic E-state index is 13.0. The Morgan fingerprint density at radius 2 is 1.76 bits per heavy atom. The van der Waals surface area contributed by atoms with E-state index in [1.165, 1.54) is 12.1 Å². The highest BCUT2D eigenvalue weighted by atomic mass is 19.1. The number of carbonyl (C=O) groups excluding carboxylic acids is 1. The Hall–Kier alpha value is -2.48. The lowest BCUT2D eigenvalue weighted by Crippen LogP contribution is -2.52. The predicted molar refractivity (Wildman–Crippen MR) is 126 cm³/mol. The number of hydrogen-bond acceptors (Lipinski definition) is 5. The third kappa shape index (κ3) is 6.53. The molecular formula is C26H34FN3O3. The summed E-state index contributed by atoms with van der Waals surface area (Å²) < 4.78 is 18.8. The Balaban J connectivity index is 1.32. The molecule has 2 aliphatic rings. The van der Waals surface area contributed by atoms with Gasteiger partial charge in [-0.15, -0.1) is 0 Å². The van der Waals surface area contributed by atoms with E-state index >= 15 is 0 Å². The second-order valence-corrected chi connectivity index (χ2v) is 9.26. The molecule has 2 saturated heterocycles. The van der Waals surface area contributed by atoms with Gasteiger partial charge in [0.15, 0.2) is 0 Å². The van der Waals surface area contributed by atoms with Crippen LogP contribution in [0.1, 0.15) is 41.6 Å². The van der Waals surface area contributed by atoms with Gasteiger partial charge < -0.3 is 20.1 Å². The van der Waals surface area contributed by atoms with E-state index in [9.17, 15) is 14.3 Å². The smallest absolute Gasteiger partial charge is 0.251 e. The van der Waals surface area contributed by atoms with Crippen LogP contribution in [-0.2, 0) is 6.61 Å². The van der Waals surface area contributed by atoms with Crippen LogP contribution in [0.5, 0.6) is 5.75 Å². The highest BCUT2D eigenvalue weighted by Gasteiger charge is 2.31. The van der Waals surface area contributed by atoms with Crippen molar-refractivity contribution in [1.82, 2.24) is 15.1 Å². The first-order valence-corrected chi connectivity index (χ1v) is 11.9. The molecule has 2 atom stereocenters. The maximum absolute atomic E-state index is 13.0. The molecule has 0 aliphatic carbocycles. The van der Waals surface area contributed by atoms with E-state index in [0.717, 1.165) is 44.5 Å². The first-order chi connectivity index (χ1) is 16.0. The monoisotopic (exact) mass is 455 g/mol. The number of carbonyl (C=O) groups is 1. The molecule has 6 nitrogen and oxygen atoms in total. The summed E-state index contributed by atoms with van der Waals surface area (Å²) in [4.78, 5) is 17.7. The van der Waals surface area contributed by atoms with E-state index in [2.05, 4.69) is 22.2 Å². The minimum absolute atomic E-state index is 0.186. The van der Waals surface area contributed by atoms with Gasteiger partial charge in [0.2, 0.25) is 0 Å². The van der Waals surface area contributed by atoms with Gasteiger partial charge in [-0.05, 0) is 94.3 Å². The van der Waals surface area contributed by atoms with Crippen LogP contribution in [0.25, 0.3) is 0 Å². The third-order valence-electron chi connectivity index (χ3n) is 6.80. The molecule has 2 heterocycles. The molecular weight excluding hydrogens is 421 g/mol. The zero-order chi connectivity index (χ0) is 23.2. The van der Waals surface area contributed by atoms with Crippen LogP contribution in [-0.4, -0.2) is 72.2 Å². The van der Waals surface area contributed by atoms with Crippen molar-refractivity contribution in [1.29, 1.82) is 0 Å². The minimum atomic E-state index is -0.538. The van der Waals surface area contributed by atoms with Gasteiger partial charge in [-0.3, -0.25) is 9.69 Å². The third-order valence-corrected chi connectivity index (χ3v) is 6.80. The van der Waals surface area contributed by atoms with Crippen molar-refractivity contribution in [3.63, 3.8) is 0 Å². The standard InChI is InChI=1S/C26H34FN3O3/c1-29-15-12-22(13-16-29)30-14-2-3-25(31)24(17-30)28-26(32)20-6-10-23(11-7-20)33-18-19-4-8-21(27)9-5-19/h4-11,22,24-25,31H,2-3,12-18H2,1H3,(H,28,32)/t24-,25-/m1/s1. The van der Waals surface area contributed by atoms with Gasteiger partial charge in [-0.2, -0.15) is 0 Å². The Morgan fingerprint density at radius 1 is 1.06 bits per heavy atom. The number of nitrogens with zero attached hydrogens (tertiary/aromatic N) is 2. The normalized spacial score (nSPS) is 23.1. The van der Waals surface area contributed by atoms with Crippen molar-refractivity contribution in [3.8, 4) is 5.75 Å². The van der Waals surface area contributed by atoms with Crippen LogP contribution < -0.4 is 10.1 Å². The predicted octanol–water partition coefficient (Wildman–Crippen LogP) is 3.05. The lowest BCUT2D eigenvalue weighted by Gasteiger charge is -2.38. The number of likely N-dealkylation sites (tertiary alicyclic amines) is 2. The highest BCUT2D eigenvalue weighted by molar-refractivity contribution is 5.94. The zero-order valence-corrected chi connectivity index (χ0v) is 19.3. The number of aliphatic hydroxyl groups is 1. The van der Waals surface area contributed by atoms with Crippen LogP contribution in [0.3, 0.4) is 0 Å². The van der Waals surface area contributed by atoms with Gasteiger partial charge in [-0.1, -0.05) is 12.1 Å². The quantitative estimate of drug-likeness (QED) is 0.701. The highest BCUT2D eigenvalue weighted by Crippen LogP contribution is 2.21. The first kappa shape index (κ1) is 23.7. The summed E-state index contributed by atoms with van der Waals surface area (Å²) >= 11 is 0. The second kappa shape index (κ2) is 11.1. The molecule has 0 spiro atoms. The molecule has 2 aromatic carbocycles. The van der Waals surface area contributed by atoms with Gasteiger partial charge in [0, 0.05) is 18.2 Å². The molecule has 0 bridgehead atoms. The molecule has 7 heteroatoms. The minimum Gasteiger partial charge on any atom is -0.489 e. The summed E-state index contributed by atoms with van der Waals surface area (Å²) in [6.07, 6.45) is 3.37. The molecule has 33 heavy (non-hydrogen) atoms. The molecule has 2 N–H and O–H groups in total. The van der Waals surface area contributed by atoms with E-state index in [1.807, 2.05) is 0 Å². The number of aliphatic hydroxyl groups excluding tert-OH is 1. The summed E-state index contributed by atoms with van der Waals surface area (Å²) in [6.45, 7) is 4.16. The molecule has 2 aromatic rings. The van der Waals surface area contributed by atoms with Crippen molar-refractivity contribution >= 4 is 5.91 Å². The van der Waals surface area contributed by atoms with E-state index in [-0.39, 0.29) is 17.8 Å². The van der Waals surface area contributed by atoms with Gasteiger partial charge in [-0.25, -0.2) is 4.39 Å². The molecule has 2 aliphatic heterocycles. The summed E-state index contributed by atoms with van der Waals surface area (Å²) in [5, 5.41) is 13.7. The number of ether oxygens (including phenoxy) is 1. The van der Waals surface area contributed by atoms with E-state index in [1.54, 1.807) is 36.4 Å². The van der Waals surface area contributed by atoms with Crippen molar-refractivity contribution in [2.75, 3.05) is 33.2 Å². The van der Waals surface area contributed by atoms with Crippen molar-refractivity contribution in [2.24, 2.45) is 0 Å². The number of benzene rings is 2. The van der Waals surface area contributed by atoms with Gasteiger partial charge in [0.25, 0.3) is 5.91 Å². The molecule has 2 fully saturated rings. The molecule has 178 valence electrons. The Morgan fingerprint density at radius 3 is 2.45 bits per heavy atom. The number of halogens is 1. The summed E-state index contributed by atoms with van der Waals surface area (Å²) in [6, 6.07) is 13.4. The number of hydrogen-bond donors (Lipinski definition) is 2. The molecule has 0 unspecified atom stereocenters. The SMILES string of the molecule is CN1CCC(N2CCC[C@@H](O)[C@H](NC(=O)c3ccc(OCc4ccc(F)cc4)cc3)C2)CC1. The van der Waals surface area contributed by atoms with Gasteiger partial charge in [0.1, 0.15) is 18.2 Å². The number of nitrogens with one attached hydrogen (secondary N) is 1. The van der Waals surface area contributed by atoms with Gasteiger partial charge >= 0.3 is 0 Å². The van der Waals surface area contributed by atoms with Gasteiger partial charge in [0.05, 0.1) is 12.1 Å². The average Bonchev–Trinajstić information content (AvgIpc) is 3.01. The Bertz CT molecular complexity index is 898. The largest absolute Gasteiger partial charge is 0.489 e. The fraction of sp³-hybridized carbons (Fsp3) is 0.500. The average molecular weight is 456 g/mol. The van der Waals surface area contributed by atoms with Crippen LogP contribution in [0, 0.1) is 5.82 Å². The van der Waals surface area contributed by atoms with E-state index in [4.69, 9.17) is 4.74 Å². The van der Waals surface area contributed by atoms with Crippen molar-refractivity contribution in [2.45, 2.75) is 50.5 Å². The van der Waals surface area contributed by atoms with Crippen LogP contribution in [0.15, 0.2) is 48.5 Å². The van der Waals surface area contributed by atoms with Crippen LogP contribution in [0.2, 0.25) is 0 Å². The fourth-order valence-electron chi connectivity index (χ4n) is 4.71. The lowest BCUT2D eigenvalue weighted by atomic mass is 10.0. The van der Waals surface area contributed by atoms with Crippen LogP contribution in [0.4, 0.5) is 4.39 Å². The molecule has 4 rings (SSSR count). The van der Waals surface area contributed by atoms with Crippen molar-refractivity contribution in [3.05, 3.63) is 65.5 Å². The maximum Gasteiger partial charge on any atom is 0.251 e. The second-order valence-electron chi connectivity index (χ2n) is 9.26. The number of piperidine rings is 1. The summed E-state index contributed by atoms with van der Waals surface area (Å²) in [5.41, 5.74) is 1.40. The summed E-state index contributed by atoms with van der Waals surface area (Å²) in [5.74, 6) is 0.176. The van der Waals surface area contributed by atoms with E-state index < -0.39 is 6.10 Å². The fourth-order valence-corrected chi connectivity index (χ4v) is 4.71. The molecule has 0 radical (unpaired) electrons. The Kier molecular flexibility index (Phi) is 7.96. The zero-order valence-electron chi connectivity index (χ0n) is 19.3. The van der Waals surface area contributed by atoms with Crippen LogP contribution >= 0.6 is 0 Å². The molecule has 0 aromatic heterocycles. The first-order valence-electron chi connectivity index (χ1n) is 11.9. The van der Waals surface area contributed by atoms with E-state index in [0.29, 0.717) is 36.9 Å². The lowest BCUT2D eigenvalue weighted by molar-refractivity contribution is 0.0723. The van der Waals surface area contributed by atoms with Crippen molar-refractivity contribution < 1.29 is 19.0 Å².